The summed E-state index contributed by atoms with van der Waals surface area (Å²) in [5, 5.41) is 8.99. The summed E-state index contributed by atoms with van der Waals surface area (Å²) < 4.78 is 5.26. The number of hydrogen-bond acceptors (Lipinski definition) is 3. The summed E-state index contributed by atoms with van der Waals surface area (Å²) in [5.74, 6) is -1.16. The molecule has 0 bridgehead atoms. The van der Waals surface area contributed by atoms with Gasteiger partial charge in [-0.3, -0.25) is 4.79 Å². The van der Waals surface area contributed by atoms with Gasteiger partial charge in [-0.2, -0.15) is 0 Å². The van der Waals surface area contributed by atoms with Crippen molar-refractivity contribution in [2.75, 3.05) is 13.1 Å². The number of amides is 1. The van der Waals surface area contributed by atoms with Crippen LogP contribution in [0.15, 0.2) is 0 Å². The van der Waals surface area contributed by atoms with Gasteiger partial charge in [-0.15, -0.1) is 0 Å². The Morgan fingerprint density at radius 1 is 1.35 bits per heavy atom. The first-order chi connectivity index (χ1) is 7.70. The first kappa shape index (κ1) is 13.8. The van der Waals surface area contributed by atoms with E-state index in [0.717, 1.165) is 0 Å². The Morgan fingerprint density at radius 3 is 2.35 bits per heavy atom. The number of rotatable bonds is 1. The van der Waals surface area contributed by atoms with Gasteiger partial charge in [0.1, 0.15) is 5.60 Å². The van der Waals surface area contributed by atoms with E-state index in [1.807, 2.05) is 27.7 Å². The van der Waals surface area contributed by atoms with Gasteiger partial charge in [-0.05, 0) is 33.1 Å². The molecule has 0 radical (unpaired) electrons. The maximum atomic E-state index is 11.8. The van der Waals surface area contributed by atoms with E-state index in [4.69, 9.17) is 9.84 Å². The highest BCUT2D eigenvalue weighted by atomic mass is 16.6. The average molecular weight is 243 g/mol. The number of ether oxygens (including phenoxy) is 1. The molecule has 1 heterocycles. The second-order valence-electron chi connectivity index (χ2n) is 5.64. The third-order valence-corrected chi connectivity index (χ3v) is 2.87. The molecule has 1 N–H and O–H groups in total. The van der Waals surface area contributed by atoms with Gasteiger partial charge in [0.25, 0.3) is 0 Å². The highest BCUT2D eigenvalue weighted by molar-refractivity contribution is 5.72. The van der Waals surface area contributed by atoms with Crippen molar-refractivity contribution in [2.24, 2.45) is 11.8 Å². The van der Waals surface area contributed by atoms with Crippen LogP contribution in [-0.2, 0) is 9.53 Å². The van der Waals surface area contributed by atoms with Crippen LogP contribution in [0.1, 0.15) is 34.1 Å². The Balaban J connectivity index is 2.55. The summed E-state index contributed by atoms with van der Waals surface area (Å²) >= 11 is 0. The van der Waals surface area contributed by atoms with Crippen LogP contribution in [-0.4, -0.2) is 40.8 Å². The summed E-state index contributed by atoms with van der Waals surface area (Å²) in [4.78, 5) is 24.3. The molecule has 0 aromatic heterocycles. The fraction of sp³-hybridized carbons (Fsp3) is 0.833. The molecule has 2 atom stereocenters. The summed E-state index contributed by atoms with van der Waals surface area (Å²) in [6, 6.07) is 0. The molecule has 0 aromatic rings. The van der Waals surface area contributed by atoms with Crippen LogP contribution in [0.2, 0.25) is 0 Å². The maximum absolute atomic E-state index is 11.8. The van der Waals surface area contributed by atoms with Crippen molar-refractivity contribution < 1.29 is 19.4 Å². The van der Waals surface area contributed by atoms with E-state index >= 15 is 0 Å². The number of nitrogens with zero attached hydrogens (tertiary/aromatic N) is 1. The van der Waals surface area contributed by atoms with E-state index in [-0.39, 0.29) is 17.9 Å². The third-order valence-electron chi connectivity index (χ3n) is 2.87. The van der Waals surface area contributed by atoms with Crippen LogP contribution in [0.3, 0.4) is 0 Å². The molecule has 0 aliphatic carbocycles. The zero-order valence-electron chi connectivity index (χ0n) is 10.9. The fourth-order valence-electron chi connectivity index (χ4n) is 2.00. The summed E-state index contributed by atoms with van der Waals surface area (Å²) in [6.45, 7) is 8.21. The topological polar surface area (TPSA) is 66.8 Å². The molecule has 1 saturated heterocycles. The smallest absolute Gasteiger partial charge is 0.410 e. The van der Waals surface area contributed by atoms with Gasteiger partial charge >= 0.3 is 12.1 Å². The molecule has 1 aliphatic rings. The number of carbonyl (C=O) groups excluding carboxylic acids is 1. The molecule has 1 rings (SSSR count). The van der Waals surface area contributed by atoms with Crippen LogP contribution in [0.5, 0.6) is 0 Å². The van der Waals surface area contributed by atoms with E-state index in [1.54, 1.807) is 4.90 Å². The molecule has 1 aliphatic heterocycles. The third kappa shape index (κ3) is 3.91. The summed E-state index contributed by atoms with van der Waals surface area (Å²) in [6.07, 6.45) is 0.142. The predicted molar refractivity (Wildman–Crippen MR) is 62.7 cm³/mol. The second kappa shape index (κ2) is 4.94. The van der Waals surface area contributed by atoms with Crippen LogP contribution in [0.25, 0.3) is 0 Å². The van der Waals surface area contributed by atoms with Crippen molar-refractivity contribution in [1.82, 2.24) is 4.90 Å². The molecule has 0 spiro atoms. The first-order valence-corrected chi connectivity index (χ1v) is 5.91. The molecule has 0 saturated carbocycles. The van der Waals surface area contributed by atoms with E-state index in [9.17, 15) is 9.59 Å². The number of aliphatic carboxylic acids is 1. The zero-order valence-corrected chi connectivity index (χ0v) is 10.9. The van der Waals surface area contributed by atoms with Crippen molar-refractivity contribution in [3.8, 4) is 0 Å². The first-order valence-electron chi connectivity index (χ1n) is 5.91. The molecule has 1 fully saturated rings. The highest BCUT2D eigenvalue weighted by Gasteiger charge is 2.34. The Bertz CT molecular complexity index is 308. The van der Waals surface area contributed by atoms with Crippen LogP contribution in [0, 0.1) is 11.8 Å². The molecule has 17 heavy (non-hydrogen) atoms. The number of piperidine rings is 1. The number of likely N-dealkylation sites (tertiary alicyclic amines) is 1. The van der Waals surface area contributed by atoms with E-state index in [0.29, 0.717) is 19.5 Å². The largest absolute Gasteiger partial charge is 0.481 e. The Morgan fingerprint density at radius 2 is 1.94 bits per heavy atom. The van der Waals surface area contributed by atoms with Gasteiger partial charge in [-0.1, -0.05) is 6.92 Å². The van der Waals surface area contributed by atoms with Gasteiger partial charge in [0.15, 0.2) is 0 Å². The lowest BCUT2D eigenvalue weighted by Gasteiger charge is -2.35. The molecular weight excluding hydrogens is 222 g/mol. The lowest BCUT2D eigenvalue weighted by atomic mass is 9.87. The highest BCUT2D eigenvalue weighted by Crippen LogP contribution is 2.24. The fourth-order valence-corrected chi connectivity index (χ4v) is 2.00. The van der Waals surface area contributed by atoms with Gasteiger partial charge < -0.3 is 14.7 Å². The number of carboxylic acids is 1. The minimum absolute atomic E-state index is 0.0335. The zero-order chi connectivity index (χ0) is 13.2. The van der Waals surface area contributed by atoms with Crippen LogP contribution >= 0.6 is 0 Å². The standard InChI is InChI=1S/C12H21NO4/c1-8-7-13(6-5-9(8)10(14)15)11(16)17-12(2,3)4/h8-9H,5-7H2,1-4H3,(H,14,15)/t8-,9-/m1/s1. The lowest BCUT2D eigenvalue weighted by molar-refractivity contribution is -0.145. The molecule has 98 valence electrons. The van der Waals surface area contributed by atoms with Gasteiger partial charge in [-0.25, -0.2) is 4.79 Å². The monoisotopic (exact) mass is 243 g/mol. The predicted octanol–water partition coefficient (Wildman–Crippen LogP) is 1.96. The molecule has 0 unspecified atom stereocenters. The second-order valence-corrected chi connectivity index (χ2v) is 5.64. The van der Waals surface area contributed by atoms with Gasteiger partial charge in [0, 0.05) is 13.1 Å². The van der Waals surface area contributed by atoms with Crippen molar-refractivity contribution in [3.05, 3.63) is 0 Å². The SMILES string of the molecule is C[C@@H]1CN(C(=O)OC(C)(C)C)CC[C@H]1C(=O)O. The summed E-state index contributed by atoms with van der Waals surface area (Å²) in [5.41, 5.74) is -0.510. The average Bonchev–Trinajstić information content (AvgIpc) is 2.14. The number of hydrogen-bond donors (Lipinski definition) is 1. The minimum atomic E-state index is -0.777. The van der Waals surface area contributed by atoms with Crippen molar-refractivity contribution in [3.63, 3.8) is 0 Å². The molecule has 5 nitrogen and oxygen atoms in total. The van der Waals surface area contributed by atoms with E-state index in [2.05, 4.69) is 0 Å². The van der Waals surface area contributed by atoms with E-state index < -0.39 is 11.6 Å². The normalized spacial score (nSPS) is 25.5. The van der Waals surface area contributed by atoms with Crippen molar-refractivity contribution >= 4 is 12.1 Å². The van der Waals surface area contributed by atoms with Gasteiger partial charge in [0.2, 0.25) is 0 Å². The van der Waals surface area contributed by atoms with E-state index in [1.165, 1.54) is 0 Å². The molecule has 1 amide bonds. The van der Waals surface area contributed by atoms with Crippen LogP contribution in [0.4, 0.5) is 4.79 Å². The molecule has 0 aromatic carbocycles. The molecular formula is C12H21NO4. The minimum Gasteiger partial charge on any atom is -0.481 e. The Kier molecular flexibility index (Phi) is 4.01. The maximum Gasteiger partial charge on any atom is 0.410 e. The molecule has 5 heteroatoms. The van der Waals surface area contributed by atoms with Crippen molar-refractivity contribution in [1.29, 1.82) is 0 Å². The lowest BCUT2D eigenvalue weighted by Crippen LogP contribution is -2.46. The van der Waals surface area contributed by atoms with Crippen molar-refractivity contribution in [2.45, 2.75) is 39.7 Å². The number of carboxylic acid groups (broad SMARTS) is 1. The number of carbonyl (C=O) groups is 2. The van der Waals surface area contributed by atoms with Gasteiger partial charge in [0.05, 0.1) is 5.92 Å². The Hall–Kier alpha value is -1.26. The quantitative estimate of drug-likeness (QED) is 0.764. The van der Waals surface area contributed by atoms with Crippen LogP contribution < -0.4 is 0 Å². The Labute approximate surface area is 102 Å². The summed E-state index contributed by atoms with van der Waals surface area (Å²) in [7, 11) is 0.